The quantitative estimate of drug-likeness (QED) is 0.289. The van der Waals surface area contributed by atoms with Crippen molar-refractivity contribution < 1.29 is 18.0 Å². The monoisotopic (exact) mass is 532 g/mol. The van der Waals surface area contributed by atoms with Gasteiger partial charge in [-0.25, -0.2) is 23.1 Å². The van der Waals surface area contributed by atoms with Gasteiger partial charge in [0.15, 0.2) is 10.8 Å². The first-order valence-corrected chi connectivity index (χ1v) is 12.3. The van der Waals surface area contributed by atoms with Crippen LogP contribution in [-0.4, -0.2) is 20.4 Å². The van der Waals surface area contributed by atoms with Crippen LogP contribution >= 0.6 is 11.8 Å². The number of rotatable bonds is 6. The van der Waals surface area contributed by atoms with Gasteiger partial charge in [0.05, 0.1) is 11.4 Å². The maximum atomic E-state index is 13.9. The van der Waals surface area contributed by atoms with Crippen LogP contribution in [-0.2, 0) is 6.54 Å². The topological polar surface area (TPSA) is 76.9 Å². The molecule has 1 amide bonds. The van der Waals surface area contributed by atoms with Crippen molar-refractivity contribution in [1.29, 1.82) is 0 Å². The lowest BCUT2D eigenvalue weighted by molar-refractivity contribution is 0.0950. The molecule has 190 valence electrons. The average Bonchev–Trinajstić information content (AvgIpc) is 2.89. The fourth-order valence-electron chi connectivity index (χ4n) is 3.85. The Morgan fingerprint density at radius 3 is 2.32 bits per heavy atom. The second-order valence-corrected chi connectivity index (χ2v) is 9.40. The van der Waals surface area contributed by atoms with Crippen molar-refractivity contribution in [2.45, 2.75) is 23.5 Å². The third kappa shape index (κ3) is 5.30. The Morgan fingerprint density at radius 1 is 0.895 bits per heavy atom. The summed E-state index contributed by atoms with van der Waals surface area (Å²) in [6.45, 7) is 1.70. The summed E-state index contributed by atoms with van der Waals surface area (Å²) in [5.74, 6) is -2.25. The number of carbonyl (C=O) groups excluding carboxylic acids is 1. The van der Waals surface area contributed by atoms with Crippen LogP contribution in [0.25, 0.3) is 16.7 Å². The van der Waals surface area contributed by atoms with E-state index in [-0.39, 0.29) is 23.5 Å². The van der Waals surface area contributed by atoms with E-state index in [1.165, 1.54) is 40.6 Å². The molecule has 0 radical (unpaired) electrons. The van der Waals surface area contributed by atoms with Gasteiger partial charge < -0.3 is 5.32 Å². The highest BCUT2D eigenvalue weighted by Gasteiger charge is 2.14. The van der Waals surface area contributed by atoms with E-state index in [1.54, 1.807) is 42.5 Å². The molecule has 5 aromatic rings. The largest absolute Gasteiger partial charge is 0.348 e. The Hall–Kier alpha value is -4.44. The molecular formula is C28H19F3N4O2S. The van der Waals surface area contributed by atoms with E-state index in [2.05, 4.69) is 15.3 Å². The van der Waals surface area contributed by atoms with E-state index < -0.39 is 17.5 Å². The average molecular weight is 533 g/mol. The van der Waals surface area contributed by atoms with Gasteiger partial charge in [-0.2, -0.15) is 0 Å². The van der Waals surface area contributed by atoms with Crippen molar-refractivity contribution in [2.75, 3.05) is 0 Å². The van der Waals surface area contributed by atoms with Crippen molar-refractivity contribution in [3.05, 3.63) is 123 Å². The highest BCUT2D eigenvalue weighted by Crippen LogP contribution is 2.27. The van der Waals surface area contributed by atoms with Crippen LogP contribution in [0.4, 0.5) is 13.2 Å². The lowest BCUT2D eigenvalue weighted by Gasteiger charge is -2.13. The van der Waals surface area contributed by atoms with Crippen molar-refractivity contribution in [2.24, 2.45) is 0 Å². The lowest BCUT2D eigenvalue weighted by Crippen LogP contribution is -2.23. The van der Waals surface area contributed by atoms with Crippen molar-refractivity contribution in [3.63, 3.8) is 0 Å². The zero-order valence-corrected chi connectivity index (χ0v) is 20.7. The summed E-state index contributed by atoms with van der Waals surface area (Å²) in [4.78, 5) is 35.3. The molecule has 0 unspecified atom stereocenters. The second-order valence-electron chi connectivity index (χ2n) is 8.36. The molecule has 2 heterocycles. The first kappa shape index (κ1) is 25.2. The Balaban J connectivity index is 1.43. The fourth-order valence-corrected chi connectivity index (χ4v) is 4.65. The number of hydrogen-bond acceptors (Lipinski definition) is 5. The number of benzene rings is 3. The molecule has 1 N–H and O–H groups in total. The summed E-state index contributed by atoms with van der Waals surface area (Å²) in [5.41, 5.74) is 1.66. The van der Waals surface area contributed by atoms with Gasteiger partial charge in [0, 0.05) is 40.1 Å². The Morgan fingerprint density at radius 2 is 1.61 bits per heavy atom. The van der Waals surface area contributed by atoms with Gasteiger partial charge in [0.1, 0.15) is 17.5 Å². The van der Waals surface area contributed by atoms with Crippen LogP contribution in [0.3, 0.4) is 0 Å². The molecule has 0 bridgehead atoms. The summed E-state index contributed by atoms with van der Waals surface area (Å²) in [5, 5.41) is 3.67. The second kappa shape index (κ2) is 10.5. The maximum Gasteiger partial charge on any atom is 0.256 e. The number of hydrogen-bond donors (Lipinski definition) is 1. The number of aryl methyl sites for hydroxylation is 1. The Bertz CT molecular complexity index is 1720. The molecule has 5 rings (SSSR count). The number of pyridine rings is 1. The van der Waals surface area contributed by atoms with Gasteiger partial charge in [-0.15, -0.1) is 0 Å². The molecule has 2 aromatic heterocycles. The first-order chi connectivity index (χ1) is 18.3. The van der Waals surface area contributed by atoms with Crippen molar-refractivity contribution in [1.82, 2.24) is 19.9 Å². The molecule has 0 atom stereocenters. The molecule has 10 heteroatoms. The lowest BCUT2D eigenvalue weighted by atomic mass is 10.1. The zero-order valence-electron chi connectivity index (χ0n) is 19.9. The molecule has 38 heavy (non-hydrogen) atoms. The van der Waals surface area contributed by atoms with Gasteiger partial charge in [-0.1, -0.05) is 6.07 Å². The van der Waals surface area contributed by atoms with E-state index in [4.69, 9.17) is 0 Å². The SMILES string of the molecule is Cc1nc(Sc2ccc(F)cc2)nc2c1ccc(=O)n2-c1ccc(C(=O)NCc2ccc(F)cc2F)cc1. The molecule has 0 saturated carbocycles. The van der Waals surface area contributed by atoms with Gasteiger partial charge in [0.2, 0.25) is 0 Å². The normalized spacial score (nSPS) is 11.1. The van der Waals surface area contributed by atoms with Crippen molar-refractivity contribution >= 4 is 28.7 Å². The highest BCUT2D eigenvalue weighted by atomic mass is 32.2. The van der Waals surface area contributed by atoms with E-state index in [0.717, 1.165) is 17.0 Å². The van der Waals surface area contributed by atoms with Crippen LogP contribution in [0.2, 0.25) is 0 Å². The Kier molecular flexibility index (Phi) is 6.97. The molecule has 0 aliphatic rings. The number of amides is 1. The maximum absolute atomic E-state index is 13.9. The summed E-state index contributed by atoms with van der Waals surface area (Å²) in [7, 11) is 0. The molecule has 0 fully saturated rings. The molecule has 3 aromatic carbocycles. The summed E-state index contributed by atoms with van der Waals surface area (Å²) < 4.78 is 41.7. The predicted octanol–water partition coefficient (Wildman–Crippen LogP) is 5.59. The minimum atomic E-state index is -0.745. The number of nitrogens with zero attached hydrogens (tertiary/aromatic N) is 3. The fraction of sp³-hybridized carbons (Fsp3) is 0.0714. The smallest absolute Gasteiger partial charge is 0.256 e. The van der Waals surface area contributed by atoms with E-state index in [9.17, 15) is 22.8 Å². The van der Waals surface area contributed by atoms with Crippen LogP contribution in [0.1, 0.15) is 21.6 Å². The molecule has 0 aliphatic carbocycles. The number of halogens is 3. The summed E-state index contributed by atoms with van der Waals surface area (Å²) >= 11 is 1.24. The minimum Gasteiger partial charge on any atom is -0.348 e. The van der Waals surface area contributed by atoms with Gasteiger partial charge >= 0.3 is 0 Å². The third-order valence-electron chi connectivity index (χ3n) is 5.79. The molecular weight excluding hydrogens is 513 g/mol. The van der Waals surface area contributed by atoms with Gasteiger partial charge in [-0.05, 0) is 79.3 Å². The van der Waals surface area contributed by atoms with Crippen LogP contribution < -0.4 is 10.9 Å². The zero-order chi connectivity index (χ0) is 26.8. The van der Waals surface area contributed by atoms with Gasteiger partial charge in [0.25, 0.3) is 11.5 Å². The minimum absolute atomic E-state index is 0.111. The molecule has 0 spiro atoms. The summed E-state index contributed by atoms with van der Waals surface area (Å²) in [6.07, 6.45) is 0. The third-order valence-corrected chi connectivity index (χ3v) is 6.66. The predicted molar refractivity (Wildman–Crippen MR) is 138 cm³/mol. The molecule has 0 aliphatic heterocycles. The first-order valence-electron chi connectivity index (χ1n) is 11.4. The highest BCUT2D eigenvalue weighted by molar-refractivity contribution is 7.99. The number of nitrogens with one attached hydrogen (secondary N) is 1. The number of carbonyl (C=O) groups is 1. The standard InChI is InChI=1S/C28H19F3N4O2S/c1-16-23-12-13-25(36)35(26(23)34-28(33-16)38-22-10-6-19(29)7-11-22)21-8-3-17(4-9-21)27(37)32-15-18-2-5-20(30)14-24(18)31/h2-14H,15H2,1H3,(H,32,37). The van der Waals surface area contributed by atoms with E-state index in [0.29, 0.717) is 33.1 Å². The van der Waals surface area contributed by atoms with Gasteiger partial charge in [-0.3, -0.25) is 14.2 Å². The summed E-state index contributed by atoms with van der Waals surface area (Å²) in [6, 6.07) is 18.5. The van der Waals surface area contributed by atoms with Crippen LogP contribution in [0.15, 0.2) is 93.7 Å². The number of aromatic nitrogens is 3. The van der Waals surface area contributed by atoms with Crippen LogP contribution in [0, 0.1) is 24.4 Å². The number of fused-ring (bicyclic) bond motifs is 1. The Labute approximate surface area is 219 Å². The van der Waals surface area contributed by atoms with Crippen molar-refractivity contribution in [3.8, 4) is 5.69 Å². The van der Waals surface area contributed by atoms with E-state index >= 15 is 0 Å². The van der Waals surface area contributed by atoms with E-state index in [1.807, 2.05) is 6.92 Å². The molecule has 0 saturated heterocycles. The molecule has 6 nitrogen and oxygen atoms in total. The van der Waals surface area contributed by atoms with Crippen LogP contribution in [0.5, 0.6) is 0 Å².